The number of rotatable bonds is 0. The van der Waals surface area contributed by atoms with Crippen LogP contribution in [-0.2, 0) is 4.74 Å². The molecule has 0 aliphatic carbocycles. The van der Waals surface area contributed by atoms with Crippen molar-refractivity contribution >= 4 is 11.8 Å². The molecule has 0 aromatic rings. The summed E-state index contributed by atoms with van der Waals surface area (Å²) in [6.45, 7) is 2.06. The molecule has 2 aliphatic heterocycles. The van der Waals surface area contributed by atoms with Crippen LogP contribution < -0.4 is 0 Å². The van der Waals surface area contributed by atoms with Gasteiger partial charge in [0.25, 0.3) is 0 Å². The molecule has 0 aromatic heterocycles. The highest BCUT2D eigenvalue weighted by Gasteiger charge is 2.35. The third-order valence-corrected chi connectivity index (χ3v) is 3.98. The summed E-state index contributed by atoms with van der Waals surface area (Å²) in [7, 11) is 0. The minimum atomic E-state index is 0.614. The molecule has 0 aromatic carbocycles. The minimum absolute atomic E-state index is 0.614. The third kappa shape index (κ3) is 1.19. The van der Waals surface area contributed by atoms with E-state index in [4.69, 9.17) is 4.74 Å². The maximum absolute atomic E-state index is 5.42. The van der Waals surface area contributed by atoms with Crippen molar-refractivity contribution in [3.63, 3.8) is 0 Å². The van der Waals surface area contributed by atoms with Gasteiger partial charge in [0, 0.05) is 17.8 Å². The SMILES string of the molecule is C1CSCC2(C1)CCOC2. The van der Waals surface area contributed by atoms with Gasteiger partial charge in [-0.1, -0.05) is 0 Å². The number of thioether (sulfide) groups is 1. The van der Waals surface area contributed by atoms with Crippen molar-refractivity contribution < 1.29 is 4.74 Å². The van der Waals surface area contributed by atoms with E-state index >= 15 is 0 Å². The van der Waals surface area contributed by atoms with E-state index in [-0.39, 0.29) is 0 Å². The highest BCUT2D eigenvalue weighted by atomic mass is 32.2. The van der Waals surface area contributed by atoms with Crippen molar-refractivity contribution in [2.45, 2.75) is 19.3 Å². The van der Waals surface area contributed by atoms with Crippen LogP contribution >= 0.6 is 11.8 Å². The van der Waals surface area contributed by atoms with Crippen LogP contribution in [0.3, 0.4) is 0 Å². The lowest BCUT2D eigenvalue weighted by molar-refractivity contribution is 0.155. The summed E-state index contributed by atoms with van der Waals surface area (Å²) >= 11 is 2.11. The Labute approximate surface area is 66.5 Å². The average molecular weight is 158 g/mol. The first kappa shape index (κ1) is 6.99. The third-order valence-electron chi connectivity index (χ3n) is 2.59. The number of hydrogen-bond donors (Lipinski definition) is 0. The lowest BCUT2D eigenvalue weighted by atomic mass is 9.84. The summed E-state index contributed by atoms with van der Waals surface area (Å²) in [4.78, 5) is 0. The van der Waals surface area contributed by atoms with Crippen LogP contribution in [0.4, 0.5) is 0 Å². The van der Waals surface area contributed by atoms with Crippen molar-refractivity contribution in [3.05, 3.63) is 0 Å². The van der Waals surface area contributed by atoms with Crippen LogP contribution in [0.2, 0.25) is 0 Å². The van der Waals surface area contributed by atoms with Gasteiger partial charge in [-0.2, -0.15) is 11.8 Å². The molecule has 2 heterocycles. The first-order chi connectivity index (χ1) is 4.91. The maximum Gasteiger partial charge on any atom is 0.0531 e. The van der Waals surface area contributed by atoms with E-state index < -0.39 is 0 Å². The maximum atomic E-state index is 5.42. The monoisotopic (exact) mass is 158 g/mol. The van der Waals surface area contributed by atoms with E-state index in [1.54, 1.807) is 0 Å². The molecular weight excluding hydrogens is 144 g/mol. The first-order valence-corrected chi connectivity index (χ1v) is 5.22. The largest absolute Gasteiger partial charge is 0.381 e. The summed E-state index contributed by atoms with van der Waals surface area (Å²) in [6.07, 6.45) is 4.15. The Balaban J connectivity index is 1.98. The van der Waals surface area contributed by atoms with E-state index in [0.717, 1.165) is 13.2 Å². The van der Waals surface area contributed by atoms with Gasteiger partial charge in [0.15, 0.2) is 0 Å². The summed E-state index contributed by atoms with van der Waals surface area (Å²) in [5.74, 6) is 2.73. The van der Waals surface area contributed by atoms with Crippen molar-refractivity contribution in [1.82, 2.24) is 0 Å². The fourth-order valence-electron chi connectivity index (χ4n) is 1.87. The molecule has 2 rings (SSSR count). The molecule has 2 heteroatoms. The molecule has 0 saturated carbocycles. The molecule has 2 saturated heterocycles. The van der Waals surface area contributed by atoms with E-state index in [1.165, 1.54) is 30.8 Å². The molecule has 2 fully saturated rings. The smallest absolute Gasteiger partial charge is 0.0531 e. The lowest BCUT2D eigenvalue weighted by Gasteiger charge is -2.30. The van der Waals surface area contributed by atoms with E-state index in [0.29, 0.717) is 5.41 Å². The highest BCUT2D eigenvalue weighted by Crippen LogP contribution is 2.40. The van der Waals surface area contributed by atoms with E-state index in [2.05, 4.69) is 11.8 Å². The minimum Gasteiger partial charge on any atom is -0.381 e. The predicted octanol–water partition coefficient (Wildman–Crippen LogP) is 1.92. The summed E-state index contributed by atoms with van der Waals surface area (Å²) in [5, 5.41) is 0. The van der Waals surface area contributed by atoms with Crippen molar-refractivity contribution in [2.24, 2.45) is 5.41 Å². The average Bonchev–Trinajstić information content (AvgIpc) is 2.39. The van der Waals surface area contributed by atoms with Crippen LogP contribution in [0.25, 0.3) is 0 Å². The molecule has 0 amide bonds. The van der Waals surface area contributed by atoms with Crippen LogP contribution in [0.1, 0.15) is 19.3 Å². The Kier molecular flexibility index (Phi) is 1.92. The normalized spacial score (nSPS) is 40.8. The zero-order valence-electron chi connectivity index (χ0n) is 6.27. The second-order valence-corrected chi connectivity index (χ2v) is 4.56. The fraction of sp³-hybridized carbons (Fsp3) is 1.00. The molecular formula is C8H14OS. The second kappa shape index (κ2) is 2.74. The Hall–Kier alpha value is 0.310. The lowest BCUT2D eigenvalue weighted by Crippen LogP contribution is -2.27. The zero-order chi connectivity index (χ0) is 6.86. The summed E-state index contributed by atoms with van der Waals surface area (Å²) in [5.41, 5.74) is 0.614. The molecule has 1 unspecified atom stereocenters. The Morgan fingerprint density at radius 1 is 1.30 bits per heavy atom. The summed E-state index contributed by atoms with van der Waals surface area (Å²) in [6, 6.07) is 0. The number of hydrogen-bond acceptors (Lipinski definition) is 2. The van der Waals surface area contributed by atoms with Gasteiger partial charge in [-0.05, 0) is 25.0 Å². The molecule has 1 spiro atoms. The Morgan fingerprint density at radius 3 is 2.90 bits per heavy atom. The van der Waals surface area contributed by atoms with Gasteiger partial charge in [0.05, 0.1) is 6.61 Å². The van der Waals surface area contributed by atoms with Gasteiger partial charge in [0.2, 0.25) is 0 Å². The molecule has 0 radical (unpaired) electrons. The second-order valence-electron chi connectivity index (χ2n) is 3.46. The van der Waals surface area contributed by atoms with Crippen LogP contribution in [0, 0.1) is 5.41 Å². The van der Waals surface area contributed by atoms with Gasteiger partial charge in [-0.25, -0.2) is 0 Å². The quantitative estimate of drug-likeness (QED) is 0.532. The first-order valence-electron chi connectivity index (χ1n) is 4.07. The highest BCUT2D eigenvalue weighted by molar-refractivity contribution is 7.99. The van der Waals surface area contributed by atoms with Crippen molar-refractivity contribution in [2.75, 3.05) is 24.7 Å². The topological polar surface area (TPSA) is 9.23 Å². The van der Waals surface area contributed by atoms with E-state index in [9.17, 15) is 0 Å². The van der Waals surface area contributed by atoms with Gasteiger partial charge >= 0.3 is 0 Å². The Morgan fingerprint density at radius 2 is 2.30 bits per heavy atom. The molecule has 58 valence electrons. The van der Waals surface area contributed by atoms with Crippen molar-refractivity contribution in [1.29, 1.82) is 0 Å². The fourth-order valence-corrected chi connectivity index (χ4v) is 3.17. The van der Waals surface area contributed by atoms with Gasteiger partial charge in [0.1, 0.15) is 0 Å². The van der Waals surface area contributed by atoms with Gasteiger partial charge in [-0.3, -0.25) is 0 Å². The molecule has 0 bridgehead atoms. The zero-order valence-corrected chi connectivity index (χ0v) is 7.08. The van der Waals surface area contributed by atoms with Crippen LogP contribution in [-0.4, -0.2) is 24.7 Å². The number of ether oxygens (including phenoxy) is 1. The standard InChI is InChI=1S/C8H14OS/c1-2-8(7-10-5-1)3-4-9-6-8/h1-7H2. The molecule has 1 atom stereocenters. The van der Waals surface area contributed by atoms with Gasteiger partial charge in [-0.15, -0.1) is 0 Å². The molecule has 0 N–H and O–H groups in total. The Bertz CT molecular complexity index is 110. The van der Waals surface area contributed by atoms with Gasteiger partial charge < -0.3 is 4.74 Å². The molecule has 10 heavy (non-hydrogen) atoms. The van der Waals surface area contributed by atoms with Crippen LogP contribution in [0.15, 0.2) is 0 Å². The van der Waals surface area contributed by atoms with Crippen molar-refractivity contribution in [3.8, 4) is 0 Å². The summed E-state index contributed by atoms with van der Waals surface area (Å²) < 4.78 is 5.42. The molecule has 2 aliphatic rings. The predicted molar refractivity (Wildman–Crippen MR) is 44.4 cm³/mol. The van der Waals surface area contributed by atoms with Crippen LogP contribution in [0.5, 0.6) is 0 Å². The molecule has 1 nitrogen and oxygen atoms in total. The van der Waals surface area contributed by atoms with E-state index in [1.807, 2.05) is 0 Å².